The van der Waals surface area contributed by atoms with E-state index in [2.05, 4.69) is 0 Å². The molecular formula is C16H21BClFO3. The van der Waals surface area contributed by atoms with Crippen molar-refractivity contribution >= 4 is 24.8 Å². The van der Waals surface area contributed by atoms with Gasteiger partial charge in [-0.05, 0) is 44.8 Å². The van der Waals surface area contributed by atoms with Crippen molar-refractivity contribution in [3.05, 3.63) is 40.6 Å². The summed E-state index contributed by atoms with van der Waals surface area (Å²) < 4.78 is 25.6. The molecule has 1 aromatic carbocycles. The second-order valence-electron chi connectivity index (χ2n) is 6.45. The normalized spacial score (nSPS) is 20.5. The number of halogens is 2. The van der Waals surface area contributed by atoms with Crippen LogP contribution in [0.1, 0.15) is 38.8 Å². The molecule has 0 radical (unpaired) electrons. The second-order valence-corrected chi connectivity index (χ2v) is 6.72. The SMILES string of the molecule is CC1(C)OB(C(=Cc2ccc(CCl)c(F)c2)CO)OC1(C)C. The van der Waals surface area contributed by atoms with E-state index >= 15 is 0 Å². The zero-order chi connectivity index (χ0) is 16.5. The molecule has 2 rings (SSSR count). The molecule has 0 saturated carbocycles. The fraction of sp³-hybridized carbons (Fsp3) is 0.500. The quantitative estimate of drug-likeness (QED) is 0.679. The Labute approximate surface area is 136 Å². The summed E-state index contributed by atoms with van der Waals surface area (Å²) in [5.74, 6) is -0.241. The summed E-state index contributed by atoms with van der Waals surface area (Å²) in [7, 11) is -0.647. The van der Waals surface area contributed by atoms with E-state index in [1.54, 1.807) is 18.2 Å². The third-order valence-electron chi connectivity index (χ3n) is 4.31. The van der Waals surface area contributed by atoms with Gasteiger partial charge in [0, 0.05) is 5.56 Å². The lowest BCUT2D eigenvalue weighted by Gasteiger charge is -2.32. The molecule has 6 heteroatoms. The van der Waals surface area contributed by atoms with Gasteiger partial charge in [-0.3, -0.25) is 0 Å². The van der Waals surface area contributed by atoms with E-state index in [0.717, 1.165) is 0 Å². The highest BCUT2D eigenvalue weighted by Gasteiger charge is 2.52. The van der Waals surface area contributed by atoms with Gasteiger partial charge in [0.1, 0.15) is 5.82 Å². The first kappa shape index (κ1) is 17.5. The Morgan fingerprint density at radius 3 is 2.32 bits per heavy atom. The lowest BCUT2D eigenvalue weighted by Crippen LogP contribution is -2.41. The van der Waals surface area contributed by atoms with Crippen molar-refractivity contribution in [2.24, 2.45) is 0 Å². The van der Waals surface area contributed by atoms with E-state index in [0.29, 0.717) is 16.6 Å². The van der Waals surface area contributed by atoms with E-state index in [1.807, 2.05) is 27.7 Å². The van der Waals surface area contributed by atoms with Crippen molar-refractivity contribution in [2.75, 3.05) is 6.61 Å². The Morgan fingerprint density at radius 1 is 1.27 bits per heavy atom. The second kappa shape index (κ2) is 6.32. The topological polar surface area (TPSA) is 38.7 Å². The molecule has 1 fully saturated rings. The van der Waals surface area contributed by atoms with Gasteiger partial charge in [0.2, 0.25) is 0 Å². The van der Waals surface area contributed by atoms with Crippen LogP contribution < -0.4 is 0 Å². The van der Waals surface area contributed by atoms with E-state index in [-0.39, 0.29) is 18.3 Å². The molecule has 0 spiro atoms. The molecule has 120 valence electrons. The van der Waals surface area contributed by atoms with Crippen LogP contribution in [0.25, 0.3) is 6.08 Å². The van der Waals surface area contributed by atoms with Gasteiger partial charge in [-0.2, -0.15) is 0 Å². The first-order chi connectivity index (χ1) is 10.2. The summed E-state index contributed by atoms with van der Waals surface area (Å²) in [6.45, 7) is 7.54. The molecule has 0 atom stereocenters. The Balaban J connectivity index is 2.27. The van der Waals surface area contributed by atoms with E-state index < -0.39 is 18.3 Å². The molecular weight excluding hydrogens is 305 g/mol. The molecule has 3 nitrogen and oxygen atoms in total. The number of alkyl halides is 1. The van der Waals surface area contributed by atoms with Crippen LogP contribution in [0.5, 0.6) is 0 Å². The molecule has 0 amide bonds. The van der Waals surface area contributed by atoms with Crippen molar-refractivity contribution in [3.63, 3.8) is 0 Å². The molecule has 0 aliphatic carbocycles. The average molecular weight is 327 g/mol. The third kappa shape index (κ3) is 3.38. The predicted molar refractivity (Wildman–Crippen MR) is 87.1 cm³/mol. The molecule has 0 unspecified atom stereocenters. The van der Waals surface area contributed by atoms with Crippen LogP contribution in [0.2, 0.25) is 0 Å². The summed E-state index contributed by atoms with van der Waals surface area (Å²) >= 11 is 5.65. The standard InChI is InChI=1S/C16H21BClFO3/c1-15(2)16(3,4)22-17(21-15)13(10-20)7-11-5-6-12(9-18)14(19)8-11/h5-8,20H,9-10H2,1-4H3. The van der Waals surface area contributed by atoms with Gasteiger partial charge in [0.25, 0.3) is 0 Å². The van der Waals surface area contributed by atoms with Crippen LogP contribution in [0, 0.1) is 5.82 Å². The van der Waals surface area contributed by atoms with Gasteiger partial charge in [0.15, 0.2) is 0 Å². The van der Waals surface area contributed by atoms with Gasteiger partial charge in [0.05, 0.1) is 23.7 Å². The molecule has 1 aliphatic rings. The summed E-state index contributed by atoms with van der Waals surface area (Å²) in [4.78, 5) is 0. The Kier molecular flexibility index (Phi) is 5.02. The molecule has 1 aromatic rings. The van der Waals surface area contributed by atoms with Crippen LogP contribution in [0.3, 0.4) is 0 Å². The molecule has 22 heavy (non-hydrogen) atoms. The largest absolute Gasteiger partial charge is 0.492 e. The fourth-order valence-electron chi connectivity index (χ4n) is 2.16. The molecule has 1 N–H and O–H groups in total. The monoisotopic (exact) mass is 326 g/mol. The molecule has 1 saturated heterocycles. The van der Waals surface area contributed by atoms with Crippen LogP contribution in [0.15, 0.2) is 23.7 Å². The maximum absolute atomic E-state index is 13.8. The van der Waals surface area contributed by atoms with Crippen LogP contribution in [0.4, 0.5) is 4.39 Å². The minimum atomic E-state index is -0.647. The molecule has 1 aliphatic heterocycles. The minimum absolute atomic E-state index is 0.125. The van der Waals surface area contributed by atoms with Gasteiger partial charge in [-0.15, -0.1) is 11.6 Å². The molecule has 0 aromatic heterocycles. The van der Waals surface area contributed by atoms with Crippen LogP contribution >= 0.6 is 11.6 Å². The van der Waals surface area contributed by atoms with Crippen LogP contribution in [-0.2, 0) is 15.2 Å². The van der Waals surface area contributed by atoms with Crippen molar-refractivity contribution in [3.8, 4) is 0 Å². The smallest absolute Gasteiger partial charge is 0.400 e. The lowest BCUT2D eigenvalue weighted by atomic mass is 9.77. The van der Waals surface area contributed by atoms with Gasteiger partial charge < -0.3 is 14.4 Å². The van der Waals surface area contributed by atoms with E-state index in [1.165, 1.54) is 6.07 Å². The average Bonchev–Trinajstić information content (AvgIpc) is 2.65. The Hall–Kier alpha value is -0.875. The Bertz CT molecular complexity index is 571. The van der Waals surface area contributed by atoms with E-state index in [9.17, 15) is 9.50 Å². The van der Waals surface area contributed by atoms with Gasteiger partial charge in [-0.1, -0.05) is 18.2 Å². The van der Waals surface area contributed by atoms with Crippen molar-refractivity contribution < 1.29 is 18.8 Å². The first-order valence-corrected chi connectivity index (χ1v) is 7.75. The van der Waals surface area contributed by atoms with Crippen molar-refractivity contribution in [2.45, 2.75) is 44.8 Å². The summed E-state index contributed by atoms with van der Waals surface area (Å²) in [5, 5.41) is 9.62. The number of hydrogen-bond donors (Lipinski definition) is 1. The van der Waals surface area contributed by atoms with Crippen molar-refractivity contribution in [1.82, 2.24) is 0 Å². The zero-order valence-electron chi connectivity index (χ0n) is 13.3. The highest BCUT2D eigenvalue weighted by molar-refractivity contribution is 6.55. The van der Waals surface area contributed by atoms with Crippen molar-refractivity contribution in [1.29, 1.82) is 0 Å². The molecule has 1 heterocycles. The minimum Gasteiger partial charge on any atom is -0.400 e. The van der Waals surface area contributed by atoms with Gasteiger partial charge in [-0.25, -0.2) is 4.39 Å². The number of hydrogen-bond acceptors (Lipinski definition) is 3. The fourth-order valence-corrected chi connectivity index (χ4v) is 2.38. The highest BCUT2D eigenvalue weighted by atomic mass is 35.5. The maximum Gasteiger partial charge on any atom is 0.492 e. The summed E-state index contributed by atoms with van der Waals surface area (Å²) in [5.41, 5.74) is 0.654. The summed E-state index contributed by atoms with van der Waals surface area (Å²) in [6, 6.07) is 4.77. The number of aliphatic hydroxyl groups excluding tert-OH is 1. The number of benzene rings is 1. The molecule has 0 bridgehead atoms. The zero-order valence-corrected chi connectivity index (χ0v) is 14.1. The third-order valence-corrected chi connectivity index (χ3v) is 4.60. The highest BCUT2D eigenvalue weighted by Crippen LogP contribution is 2.38. The predicted octanol–water partition coefficient (Wildman–Crippen LogP) is 3.57. The summed E-state index contributed by atoms with van der Waals surface area (Å²) in [6.07, 6.45) is 1.68. The Morgan fingerprint density at radius 2 is 1.86 bits per heavy atom. The lowest BCUT2D eigenvalue weighted by molar-refractivity contribution is 0.00578. The van der Waals surface area contributed by atoms with E-state index in [4.69, 9.17) is 20.9 Å². The first-order valence-electron chi connectivity index (χ1n) is 7.21. The van der Waals surface area contributed by atoms with Gasteiger partial charge >= 0.3 is 7.12 Å². The van der Waals surface area contributed by atoms with Crippen LogP contribution in [-0.4, -0.2) is 30.0 Å². The number of rotatable bonds is 4. The maximum atomic E-state index is 13.8. The number of aliphatic hydroxyl groups is 1.